The van der Waals surface area contributed by atoms with Gasteiger partial charge in [0.15, 0.2) is 0 Å². The summed E-state index contributed by atoms with van der Waals surface area (Å²) in [6.07, 6.45) is 0. The predicted molar refractivity (Wildman–Crippen MR) is 92.0 cm³/mol. The number of halogens is 2. The Hall–Kier alpha value is -1.88. The molecule has 3 aromatic rings. The Morgan fingerprint density at radius 3 is 2.59 bits per heavy atom. The highest BCUT2D eigenvalue weighted by molar-refractivity contribution is 7.13. The number of aromatic nitrogens is 1. The monoisotopic (exact) mass is 348 g/mol. The van der Waals surface area contributed by atoms with Crippen LogP contribution in [0.15, 0.2) is 53.9 Å². The number of nitrogens with zero attached hydrogens (tertiary/aromatic N) is 1. The SMILES string of the molecule is O=C(Nc1ccc(Cl)cc1Cl)c1csc(-c2ccccc2)n1. The van der Waals surface area contributed by atoms with Crippen molar-refractivity contribution in [2.45, 2.75) is 0 Å². The van der Waals surface area contributed by atoms with E-state index in [1.807, 2.05) is 30.3 Å². The van der Waals surface area contributed by atoms with Crippen molar-refractivity contribution in [2.24, 2.45) is 0 Å². The van der Waals surface area contributed by atoms with Crippen molar-refractivity contribution in [1.82, 2.24) is 4.98 Å². The number of nitrogens with one attached hydrogen (secondary N) is 1. The molecule has 1 amide bonds. The molecule has 3 rings (SSSR count). The molecule has 6 heteroatoms. The van der Waals surface area contributed by atoms with Crippen molar-refractivity contribution in [3.63, 3.8) is 0 Å². The normalized spacial score (nSPS) is 10.5. The summed E-state index contributed by atoms with van der Waals surface area (Å²) in [6, 6.07) is 14.6. The molecule has 1 heterocycles. The molecule has 0 saturated heterocycles. The van der Waals surface area contributed by atoms with E-state index in [0.717, 1.165) is 10.6 Å². The fourth-order valence-electron chi connectivity index (χ4n) is 1.87. The summed E-state index contributed by atoms with van der Waals surface area (Å²) in [7, 11) is 0. The maximum absolute atomic E-state index is 12.2. The molecular formula is C16H10Cl2N2OS. The Kier molecular flexibility index (Phi) is 4.43. The van der Waals surface area contributed by atoms with Crippen LogP contribution in [0.25, 0.3) is 10.6 Å². The van der Waals surface area contributed by atoms with Gasteiger partial charge in [0.1, 0.15) is 10.7 Å². The molecule has 0 aliphatic carbocycles. The van der Waals surface area contributed by atoms with Gasteiger partial charge in [-0.05, 0) is 18.2 Å². The maximum atomic E-state index is 12.2. The van der Waals surface area contributed by atoms with Crippen molar-refractivity contribution in [3.8, 4) is 10.6 Å². The minimum Gasteiger partial charge on any atom is -0.319 e. The number of hydrogen-bond acceptors (Lipinski definition) is 3. The Balaban J connectivity index is 1.80. The summed E-state index contributed by atoms with van der Waals surface area (Å²) in [5.41, 5.74) is 1.84. The number of carbonyl (C=O) groups excluding carboxylic acids is 1. The van der Waals surface area contributed by atoms with Crippen molar-refractivity contribution in [3.05, 3.63) is 69.7 Å². The molecule has 0 saturated carbocycles. The number of anilines is 1. The van der Waals surface area contributed by atoms with E-state index in [2.05, 4.69) is 10.3 Å². The molecule has 0 fully saturated rings. The highest BCUT2D eigenvalue weighted by atomic mass is 35.5. The van der Waals surface area contributed by atoms with E-state index in [0.29, 0.717) is 21.4 Å². The third-order valence-corrected chi connectivity index (χ3v) is 4.38. The first-order valence-electron chi connectivity index (χ1n) is 6.41. The molecule has 2 aromatic carbocycles. The van der Waals surface area contributed by atoms with Crippen LogP contribution < -0.4 is 5.32 Å². The average molecular weight is 349 g/mol. The number of thiazole rings is 1. The highest BCUT2D eigenvalue weighted by Crippen LogP contribution is 2.27. The second-order valence-electron chi connectivity index (χ2n) is 4.48. The molecule has 110 valence electrons. The van der Waals surface area contributed by atoms with E-state index in [9.17, 15) is 4.79 Å². The molecule has 0 aliphatic rings. The summed E-state index contributed by atoms with van der Waals surface area (Å²) in [5, 5.41) is 6.16. The van der Waals surface area contributed by atoms with Crippen LogP contribution in [0, 0.1) is 0 Å². The van der Waals surface area contributed by atoms with Crippen LogP contribution in [0.5, 0.6) is 0 Å². The molecule has 0 radical (unpaired) electrons. The van der Waals surface area contributed by atoms with Gasteiger partial charge in [-0.2, -0.15) is 0 Å². The number of rotatable bonds is 3. The summed E-state index contributed by atoms with van der Waals surface area (Å²) in [6.45, 7) is 0. The third-order valence-electron chi connectivity index (χ3n) is 2.94. The van der Waals surface area contributed by atoms with E-state index >= 15 is 0 Å². The van der Waals surface area contributed by atoms with Crippen molar-refractivity contribution >= 4 is 46.1 Å². The van der Waals surface area contributed by atoms with Gasteiger partial charge in [-0.15, -0.1) is 11.3 Å². The van der Waals surface area contributed by atoms with E-state index in [4.69, 9.17) is 23.2 Å². The van der Waals surface area contributed by atoms with Gasteiger partial charge in [-0.3, -0.25) is 4.79 Å². The topological polar surface area (TPSA) is 42.0 Å². The van der Waals surface area contributed by atoms with Gasteiger partial charge in [-0.25, -0.2) is 4.98 Å². The van der Waals surface area contributed by atoms with E-state index in [1.54, 1.807) is 23.6 Å². The number of amides is 1. The lowest BCUT2D eigenvalue weighted by molar-refractivity contribution is 0.102. The summed E-state index contributed by atoms with van der Waals surface area (Å²) >= 11 is 13.3. The predicted octanol–water partition coefficient (Wildman–Crippen LogP) is 5.37. The number of carbonyl (C=O) groups is 1. The lowest BCUT2D eigenvalue weighted by Gasteiger charge is -2.05. The molecule has 1 N–H and O–H groups in total. The van der Waals surface area contributed by atoms with Gasteiger partial charge in [0.2, 0.25) is 0 Å². The lowest BCUT2D eigenvalue weighted by atomic mass is 10.2. The summed E-state index contributed by atoms with van der Waals surface area (Å²) in [5.74, 6) is -0.303. The van der Waals surface area contributed by atoms with E-state index in [-0.39, 0.29) is 5.91 Å². The lowest BCUT2D eigenvalue weighted by Crippen LogP contribution is -2.12. The quantitative estimate of drug-likeness (QED) is 0.691. The van der Waals surface area contributed by atoms with Crippen LogP contribution in [-0.4, -0.2) is 10.9 Å². The first-order chi connectivity index (χ1) is 10.6. The molecule has 0 spiro atoms. The smallest absolute Gasteiger partial charge is 0.275 e. The van der Waals surface area contributed by atoms with Gasteiger partial charge in [-0.1, -0.05) is 53.5 Å². The zero-order valence-corrected chi connectivity index (χ0v) is 13.5. The Labute approximate surface area is 141 Å². The number of hydrogen-bond donors (Lipinski definition) is 1. The molecule has 3 nitrogen and oxygen atoms in total. The molecule has 0 unspecified atom stereocenters. The van der Waals surface area contributed by atoms with Gasteiger partial charge >= 0.3 is 0 Å². The first-order valence-corrected chi connectivity index (χ1v) is 8.04. The van der Waals surface area contributed by atoms with Gasteiger partial charge in [0.25, 0.3) is 5.91 Å². The summed E-state index contributed by atoms with van der Waals surface area (Å²) < 4.78 is 0. The zero-order valence-electron chi connectivity index (χ0n) is 11.2. The Morgan fingerprint density at radius 2 is 1.86 bits per heavy atom. The maximum Gasteiger partial charge on any atom is 0.275 e. The van der Waals surface area contributed by atoms with Crippen LogP contribution in [0.2, 0.25) is 10.0 Å². The van der Waals surface area contributed by atoms with Gasteiger partial charge in [0.05, 0.1) is 10.7 Å². The van der Waals surface area contributed by atoms with Crippen molar-refractivity contribution < 1.29 is 4.79 Å². The molecular weight excluding hydrogens is 339 g/mol. The zero-order chi connectivity index (χ0) is 15.5. The second kappa shape index (κ2) is 6.48. The minimum absolute atomic E-state index is 0.303. The second-order valence-corrected chi connectivity index (χ2v) is 6.18. The summed E-state index contributed by atoms with van der Waals surface area (Å²) in [4.78, 5) is 16.6. The average Bonchev–Trinajstić information content (AvgIpc) is 3.01. The highest BCUT2D eigenvalue weighted by Gasteiger charge is 2.13. The fraction of sp³-hybridized carbons (Fsp3) is 0. The van der Waals surface area contributed by atoms with Crippen LogP contribution in [0.1, 0.15) is 10.5 Å². The number of benzene rings is 2. The van der Waals surface area contributed by atoms with Crippen LogP contribution >= 0.6 is 34.5 Å². The van der Waals surface area contributed by atoms with Gasteiger partial charge in [0, 0.05) is 16.0 Å². The van der Waals surface area contributed by atoms with Crippen molar-refractivity contribution in [1.29, 1.82) is 0 Å². The largest absolute Gasteiger partial charge is 0.319 e. The Bertz CT molecular complexity index is 818. The fourth-order valence-corrected chi connectivity index (χ4v) is 3.13. The first kappa shape index (κ1) is 15.0. The van der Waals surface area contributed by atoms with Gasteiger partial charge < -0.3 is 5.32 Å². The minimum atomic E-state index is -0.303. The van der Waals surface area contributed by atoms with Crippen LogP contribution in [0.4, 0.5) is 5.69 Å². The molecule has 0 atom stereocenters. The van der Waals surface area contributed by atoms with Crippen molar-refractivity contribution in [2.75, 3.05) is 5.32 Å². The molecule has 0 bridgehead atoms. The van der Waals surface area contributed by atoms with E-state index in [1.165, 1.54) is 11.3 Å². The van der Waals surface area contributed by atoms with E-state index < -0.39 is 0 Å². The Morgan fingerprint density at radius 1 is 1.09 bits per heavy atom. The molecule has 22 heavy (non-hydrogen) atoms. The third kappa shape index (κ3) is 3.30. The van der Waals surface area contributed by atoms with Crippen LogP contribution in [0.3, 0.4) is 0 Å². The molecule has 0 aliphatic heterocycles. The van der Waals surface area contributed by atoms with Crippen LogP contribution in [-0.2, 0) is 0 Å². The molecule has 1 aromatic heterocycles. The standard InChI is InChI=1S/C16H10Cl2N2OS/c17-11-6-7-13(12(18)8-11)19-15(21)14-9-22-16(20-14)10-4-2-1-3-5-10/h1-9H,(H,19,21).